The average Bonchev–Trinajstić information content (AvgIpc) is 2.80. The van der Waals surface area contributed by atoms with Gasteiger partial charge in [-0.25, -0.2) is 0 Å². The number of hydrogen-bond donors (Lipinski definition) is 2. The standard InChI is InChI=1S/C13H16N2/c14-9-8-12(13-7-4-10-15-13)11-5-2-1-3-6-11/h1-7,10,12,15H,8-9,14H2. The van der Waals surface area contributed by atoms with Crippen LogP contribution in [0.1, 0.15) is 23.6 Å². The molecule has 1 unspecified atom stereocenters. The van der Waals surface area contributed by atoms with Gasteiger partial charge in [0.25, 0.3) is 0 Å². The van der Waals surface area contributed by atoms with E-state index in [9.17, 15) is 0 Å². The lowest BCUT2D eigenvalue weighted by Crippen LogP contribution is -2.09. The van der Waals surface area contributed by atoms with E-state index in [4.69, 9.17) is 5.73 Å². The second kappa shape index (κ2) is 4.80. The van der Waals surface area contributed by atoms with Crippen LogP contribution in [0.2, 0.25) is 0 Å². The summed E-state index contributed by atoms with van der Waals surface area (Å²) in [6.45, 7) is 0.707. The van der Waals surface area contributed by atoms with Gasteiger partial charge in [-0.3, -0.25) is 0 Å². The highest BCUT2D eigenvalue weighted by Gasteiger charge is 2.13. The van der Waals surface area contributed by atoms with Gasteiger partial charge in [0.2, 0.25) is 0 Å². The Morgan fingerprint density at radius 1 is 1.07 bits per heavy atom. The molecule has 1 heterocycles. The Hall–Kier alpha value is -1.54. The van der Waals surface area contributed by atoms with Crippen molar-refractivity contribution < 1.29 is 0 Å². The Morgan fingerprint density at radius 2 is 1.87 bits per heavy atom. The second-order valence-electron chi connectivity index (χ2n) is 3.67. The van der Waals surface area contributed by atoms with E-state index in [0.29, 0.717) is 12.5 Å². The predicted octanol–water partition coefficient (Wildman–Crippen LogP) is 2.50. The molecule has 0 aliphatic carbocycles. The molecule has 2 nitrogen and oxygen atoms in total. The Balaban J connectivity index is 2.28. The third kappa shape index (κ3) is 2.28. The summed E-state index contributed by atoms with van der Waals surface area (Å²) in [5.41, 5.74) is 8.23. The van der Waals surface area contributed by atoms with E-state index in [1.807, 2.05) is 18.3 Å². The Morgan fingerprint density at radius 3 is 2.47 bits per heavy atom. The topological polar surface area (TPSA) is 41.8 Å². The molecule has 0 fully saturated rings. The van der Waals surface area contributed by atoms with Gasteiger partial charge in [0, 0.05) is 17.8 Å². The first-order valence-electron chi connectivity index (χ1n) is 5.30. The Kier molecular flexibility index (Phi) is 3.20. The van der Waals surface area contributed by atoms with Crippen LogP contribution in [0.4, 0.5) is 0 Å². The third-order valence-corrected chi connectivity index (χ3v) is 2.65. The zero-order chi connectivity index (χ0) is 10.5. The Labute approximate surface area is 90.1 Å². The number of H-pyrrole nitrogens is 1. The fraction of sp³-hybridized carbons (Fsp3) is 0.231. The van der Waals surface area contributed by atoms with E-state index >= 15 is 0 Å². The van der Waals surface area contributed by atoms with E-state index in [1.54, 1.807) is 0 Å². The summed E-state index contributed by atoms with van der Waals surface area (Å²) in [5.74, 6) is 0.395. The normalized spacial score (nSPS) is 12.6. The number of rotatable bonds is 4. The first kappa shape index (κ1) is 9.99. The van der Waals surface area contributed by atoms with Crippen molar-refractivity contribution in [1.82, 2.24) is 4.98 Å². The molecule has 0 amide bonds. The van der Waals surface area contributed by atoms with E-state index in [2.05, 4.69) is 35.3 Å². The number of benzene rings is 1. The van der Waals surface area contributed by atoms with Gasteiger partial charge in [0.1, 0.15) is 0 Å². The molecule has 3 N–H and O–H groups in total. The molecule has 0 bridgehead atoms. The molecule has 1 atom stereocenters. The zero-order valence-electron chi connectivity index (χ0n) is 8.69. The fourth-order valence-corrected chi connectivity index (χ4v) is 1.91. The van der Waals surface area contributed by atoms with Gasteiger partial charge in [0.15, 0.2) is 0 Å². The van der Waals surface area contributed by atoms with Crippen molar-refractivity contribution in [3.8, 4) is 0 Å². The van der Waals surface area contributed by atoms with Crippen molar-refractivity contribution in [1.29, 1.82) is 0 Å². The molecule has 2 aromatic rings. The molecule has 2 rings (SSSR count). The molecule has 0 radical (unpaired) electrons. The van der Waals surface area contributed by atoms with Crippen LogP contribution in [0.15, 0.2) is 48.7 Å². The van der Waals surface area contributed by atoms with Crippen LogP contribution in [0.3, 0.4) is 0 Å². The van der Waals surface area contributed by atoms with E-state index in [0.717, 1.165) is 6.42 Å². The molecule has 1 aromatic heterocycles. The summed E-state index contributed by atoms with van der Waals surface area (Å²) < 4.78 is 0. The third-order valence-electron chi connectivity index (χ3n) is 2.65. The highest BCUT2D eigenvalue weighted by atomic mass is 14.7. The lowest BCUT2D eigenvalue weighted by atomic mass is 9.93. The summed E-state index contributed by atoms with van der Waals surface area (Å²) in [6.07, 6.45) is 2.94. The summed E-state index contributed by atoms with van der Waals surface area (Å²) >= 11 is 0. The number of aromatic amines is 1. The molecule has 78 valence electrons. The van der Waals surface area contributed by atoms with Crippen LogP contribution in [-0.2, 0) is 0 Å². The number of nitrogens with one attached hydrogen (secondary N) is 1. The van der Waals surface area contributed by atoms with Gasteiger partial charge in [-0.15, -0.1) is 0 Å². The molecule has 2 heteroatoms. The minimum Gasteiger partial charge on any atom is -0.364 e. The van der Waals surface area contributed by atoms with Crippen molar-refractivity contribution >= 4 is 0 Å². The van der Waals surface area contributed by atoms with Crippen LogP contribution in [0, 0.1) is 0 Å². The highest BCUT2D eigenvalue weighted by Crippen LogP contribution is 2.25. The van der Waals surface area contributed by atoms with Gasteiger partial charge in [-0.05, 0) is 30.7 Å². The van der Waals surface area contributed by atoms with Crippen LogP contribution in [0.5, 0.6) is 0 Å². The number of nitrogens with two attached hydrogens (primary N) is 1. The molecule has 0 saturated carbocycles. The van der Waals surface area contributed by atoms with Gasteiger partial charge in [-0.1, -0.05) is 30.3 Å². The van der Waals surface area contributed by atoms with Crippen LogP contribution < -0.4 is 5.73 Å². The first-order chi connectivity index (χ1) is 7.42. The van der Waals surface area contributed by atoms with Crippen molar-refractivity contribution in [2.24, 2.45) is 5.73 Å². The lowest BCUT2D eigenvalue weighted by Gasteiger charge is -2.14. The van der Waals surface area contributed by atoms with E-state index < -0.39 is 0 Å². The molecular weight excluding hydrogens is 184 g/mol. The smallest absolute Gasteiger partial charge is 0.0252 e. The van der Waals surface area contributed by atoms with Crippen molar-refractivity contribution in [3.63, 3.8) is 0 Å². The van der Waals surface area contributed by atoms with Crippen LogP contribution >= 0.6 is 0 Å². The van der Waals surface area contributed by atoms with Gasteiger partial charge < -0.3 is 10.7 Å². The maximum Gasteiger partial charge on any atom is 0.0252 e. The summed E-state index contributed by atoms with van der Waals surface area (Å²) in [4.78, 5) is 3.26. The van der Waals surface area contributed by atoms with Crippen molar-refractivity contribution in [3.05, 3.63) is 59.9 Å². The van der Waals surface area contributed by atoms with E-state index in [-0.39, 0.29) is 0 Å². The molecule has 15 heavy (non-hydrogen) atoms. The first-order valence-corrected chi connectivity index (χ1v) is 5.30. The zero-order valence-corrected chi connectivity index (χ0v) is 8.69. The minimum absolute atomic E-state index is 0.395. The van der Waals surface area contributed by atoms with Crippen molar-refractivity contribution in [2.45, 2.75) is 12.3 Å². The molecular formula is C13H16N2. The minimum atomic E-state index is 0.395. The van der Waals surface area contributed by atoms with Crippen LogP contribution in [-0.4, -0.2) is 11.5 Å². The molecule has 0 aliphatic rings. The SMILES string of the molecule is NCCC(c1ccccc1)c1ccc[nH]1. The summed E-state index contributed by atoms with van der Waals surface area (Å²) in [6, 6.07) is 14.6. The summed E-state index contributed by atoms with van der Waals surface area (Å²) in [7, 11) is 0. The molecule has 0 saturated heterocycles. The Bertz CT molecular complexity index is 378. The highest BCUT2D eigenvalue weighted by molar-refractivity contribution is 5.28. The molecule has 1 aromatic carbocycles. The fourth-order valence-electron chi connectivity index (χ4n) is 1.91. The summed E-state index contributed by atoms with van der Waals surface area (Å²) in [5, 5.41) is 0. The van der Waals surface area contributed by atoms with Crippen molar-refractivity contribution in [2.75, 3.05) is 6.54 Å². The quantitative estimate of drug-likeness (QED) is 0.782. The van der Waals surface area contributed by atoms with E-state index in [1.165, 1.54) is 11.3 Å². The molecule has 0 aliphatic heterocycles. The van der Waals surface area contributed by atoms with Gasteiger partial charge in [-0.2, -0.15) is 0 Å². The number of aromatic nitrogens is 1. The maximum absolute atomic E-state index is 5.66. The average molecular weight is 200 g/mol. The maximum atomic E-state index is 5.66. The van der Waals surface area contributed by atoms with Gasteiger partial charge >= 0.3 is 0 Å². The van der Waals surface area contributed by atoms with Crippen LogP contribution in [0.25, 0.3) is 0 Å². The molecule has 0 spiro atoms. The van der Waals surface area contributed by atoms with Gasteiger partial charge in [0.05, 0.1) is 0 Å². The lowest BCUT2D eigenvalue weighted by molar-refractivity contribution is 0.710. The predicted molar refractivity (Wildman–Crippen MR) is 62.7 cm³/mol. The number of hydrogen-bond acceptors (Lipinski definition) is 1. The largest absolute Gasteiger partial charge is 0.364 e. The monoisotopic (exact) mass is 200 g/mol. The second-order valence-corrected chi connectivity index (χ2v) is 3.67.